The molecule has 5 heteroatoms. The molecule has 86 valence electrons. The Balaban J connectivity index is 3.23. The van der Waals surface area contributed by atoms with Gasteiger partial charge in [0.2, 0.25) is 0 Å². The van der Waals surface area contributed by atoms with Crippen molar-refractivity contribution in [3.63, 3.8) is 0 Å². The van der Waals surface area contributed by atoms with Gasteiger partial charge in [-0.3, -0.25) is 0 Å². The summed E-state index contributed by atoms with van der Waals surface area (Å²) in [6.45, 7) is 2.08. The van der Waals surface area contributed by atoms with E-state index in [1.54, 1.807) is 11.8 Å². The van der Waals surface area contributed by atoms with E-state index in [1.807, 2.05) is 0 Å². The third-order valence-corrected chi connectivity index (χ3v) is 4.26. The molecule has 2 N–H and O–H groups in total. The van der Waals surface area contributed by atoms with E-state index in [4.69, 9.17) is 5.73 Å². The molecule has 0 aliphatic heterocycles. The third kappa shape index (κ3) is 10.3. The minimum absolute atomic E-state index is 0.289. The maximum atomic E-state index is 10.8. The van der Waals surface area contributed by atoms with Crippen molar-refractivity contribution in [1.82, 2.24) is 0 Å². The second-order valence-corrected chi connectivity index (χ2v) is 7.04. The number of thioether (sulfide) groups is 1. The van der Waals surface area contributed by atoms with Crippen LogP contribution in [0.25, 0.3) is 0 Å². The summed E-state index contributed by atoms with van der Waals surface area (Å²) in [4.78, 5) is 0. The normalized spacial score (nSPS) is 14.2. The molecule has 0 saturated carbocycles. The molecule has 0 amide bonds. The van der Waals surface area contributed by atoms with Crippen molar-refractivity contribution in [2.45, 2.75) is 32.2 Å². The highest BCUT2D eigenvalue weighted by molar-refractivity contribution is 8.00. The second-order valence-electron chi connectivity index (χ2n) is 3.55. The molecular formula is C9H21NO2S2. The molecule has 3 nitrogen and oxygen atoms in total. The number of nitrogens with two attached hydrogens (primary N) is 1. The Hall–Kier alpha value is 0.260. The predicted molar refractivity (Wildman–Crippen MR) is 64.5 cm³/mol. The molecule has 0 aromatic carbocycles. The standard InChI is InChI=1S/C9H21NO2S2/c1-3-9(10)5-4-6-13-7-8-14(2,11)12/h9H,3-8,10H2,1-2H3. The predicted octanol–water partition coefficient (Wildman–Crippen LogP) is 1.28. The van der Waals surface area contributed by atoms with Gasteiger partial charge in [0.1, 0.15) is 9.84 Å². The van der Waals surface area contributed by atoms with Crippen molar-refractivity contribution in [2.75, 3.05) is 23.5 Å². The van der Waals surface area contributed by atoms with Gasteiger partial charge in [-0.1, -0.05) is 6.92 Å². The van der Waals surface area contributed by atoms with E-state index in [2.05, 4.69) is 6.92 Å². The lowest BCUT2D eigenvalue weighted by Crippen LogP contribution is -2.18. The first-order valence-electron chi connectivity index (χ1n) is 4.96. The zero-order valence-corrected chi connectivity index (χ0v) is 10.7. The molecule has 1 unspecified atom stereocenters. The van der Waals surface area contributed by atoms with Gasteiger partial charge >= 0.3 is 0 Å². The molecule has 14 heavy (non-hydrogen) atoms. The molecule has 0 heterocycles. The molecule has 1 atom stereocenters. The minimum Gasteiger partial charge on any atom is -0.328 e. The Morgan fingerprint density at radius 1 is 1.36 bits per heavy atom. The van der Waals surface area contributed by atoms with Crippen LogP contribution in [0.1, 0.15) is 26.2 Å². The molecule has 0 fully saturated rings. The van der Waals surface area contributed by atoms with E-state index >= 15 is 0 Å². The number of sulfone groups is 1. The summed E-state index contributed by atoms with van der Waals surface area (Å²) in [5.41, 5.74) is 5.75. The fourth-order valence-electron chi connectivity index (χ4n) is 0.964. The van der Waals surface area contributed by atoms with Crippen molar-refractivity contribution in [1.29, 1.82) is 0 Å². The first-order valence-corrected chi connectivity index (χ1v) is 8.18. The summed E-state index contributed by atoms with van der Waals surface area (Å²) in [6.07, 6.45) is 4.43. The monoisotopic (exact) mass is 239 g/mol. The van der Waals surface area contributed by atoms with Crippen molar-refractivity contribution >= 4 is 21.6 Å². The van der Waals surface area contributed by atoms with Gasteiger partial charge in [0.15, 0.2) is 0 Å². The molecule has 0 rings (SSSR count). The summed E-state index contributed by atoms with van der Waals surface area (Å²) in [7, 11) is -2.78. The summed E-state index contributed by atoms with van der Waals surface area (Å²) in [5.74, 6) is 2.01. The van der Waals surface area contributed by atoms with E-state index in [0.29, 0.717) is 11.8 Å². The quantitative estimate of drug-likeness (QED) is 0.648. The molecule has 0 aliphatic carbocycles. The lowest BCUT2D eigenvalue weighted by Gasteiger charge is -2.07. The maximum absolute atomic E-state index is 10.8. The van der Waals surface area contributed by atoms with Gasteiger partial charge in [-0.25, -0.2) is 8.42 Å². The van der Waals surface area contributed by atoms with E-state index in [-0.39, 0.29) is 5.75 Å². The average molecular weight is 239 g/mol. The largest absolute Gasteiger partial charge is 0.328 e. The van der Waals surface area contributed by atoms with E-state index < -0.39 is 9.84 Å². The van der Waals surface area contributed by atoms with Crippen LogP contribution in [0.5, 0.6) is 0 Å². The topological polar surface area (TPSA) is 60.2 Å². The molecule has 0 radical (unpaired) electrons. The van der Waals surface area contributed by atoms with Crippen LogP contribution in [0.15, 0.2) is 0 Å². The highest BCUT2D eigenvalue weighted by Gasteiger charge is 2.02. The van der Waals surface area contributed by atoms with Crippen LogP contribution in [0, 0.1) is 0 Å². The zero-order valence-electron chi connectivity index (χ0n) is 9.03. The van der Waals surface area contributed by atoms with Crippen molar-refractivity contribution in [3.8, 4) is 0 Å². The summed E-state index contributed by atoms with van der Waals surface area (Å²) in [5, 5.41) is 0. The summed E-state index contributed by atoms with van der Waals surface area (Å²) in [6, 6.07) is 0.311. The van der Waals surface area contributed by atoms with Gasteiger partial charge in [-0.2, -0.15) is 11.8 Å². The second kappa shape index (κ2) is 7.54. The van der Waals surface area contributed by atoms with E-state index in [9.17, 15) is 8.42 Å². The van der Waals surface area contributed by atoms with Crippen molar-refractivity contribution in [3.05, 3.63) is 0 Å². The minimum atomic E-state index is -2.78. The Labute approximate surface area is 91.7 Å². The highest BCUT2D eigenvalue weighted by Crippen LogP contribution is 2.07. The van der Waals surface area contributed by atoms with Gasteiger partial charge in [0.05, 0.1) is 5.75 Å². The number of rotatable bonds is 8. The van der Waals surface area contributed by atoms with Crippen LogP contribution < -0.4 is 5.73 Å². The van der Waals surface area contributed by atoms with Crippen LogP contribution in [0.3, 0.4) is 0 Å². The Morgan fingerprint density at radius 3 is 2.50 bits per heavy atom. The maximum Gasteiger partial charge on any atom is 0.148 e. The smallest absolute Gasteiger partial charge is 0.148 e. The Morgan fingerprint density at radius 2 is 2.00 bits per heavy atom. The zero-order chi connectivity index (χ0) is 11.0. The van der Waals surface area contributed by atoms with Gasteiger partial charge in [-0.05, 0) is 25.0 Å². The Bertz CT molecular complexity index is 227. The molecule has 0 bridgehead atoms. The van der Waals surface area contributed by atoms with E-state index in [0.717, 1.165) is 25.0 Å². The van der Waals surface area contributed by atoms with Crippen LogP contribution in [-0.4, -0.2) is 38.0 Å². The Kier molecular flexibility index (Phi) is 7.68. The molecular weight excluding hydrogens is 218 g/mol. The highest BCUT2D eigenvalue weighted by atomic mass is 32.2. The fraction of sp³-hybridized carbons (Fsp3) is 1.00. The number of hydrogen-bond donors (Lipinski definition) is 1. The van der Waals surface area contributed by atoms with Gasteiger partial charge in [0, 0.05) is 18.1 Å². The molecule has 0 aliphatic rings. The number of hydrogen-bond acceptors (Lipinski definition) is 4. The summed E-state index contributed by atoms with van der Waals surface area (Å²) < 4.78 is 21.6. The van der Waals surface area contributed by atoms with Crippen molar-refractivity contribution in [2.24, 2.45) is 5.73 Å². The van der Waals surface area contributed by atoms with Gasteiger partial charge in [-0.15, -0.1) is 0 Å². The first kappa shape index (κ1) is 14.3. The summed E-state index contributed by atoms with van der Waals surface area (Å²) >= 11 is 1.70. The van der Waals surface area contributed by atoms with Gasteiger partial charge < -0.3 is 5.73 Å². The molecule has 0 aromatic rings. The van der Waals surface area contributed by atoms with Crippen molar-refractivity contribution < 1.29 is 8.42 Å². The van der Waals surface area contributed by atoms with Crippen LogP contribution >= 0.6 is 11.8 Å². The van der Waals surface area contributed by atoms with E-state index in [1.165, 1.54) is 6.26 Å². The lowest BCUT2D eigenvalue weighted by molar-refractivity contribution is 0.589. The van der Waals surface area contributed by atoms with Crippen LogP contribution in [0.4, 0.5) is 0 Å². The average Bonchev–Trinajstić information content (AvgIpc) is 2.08. The van der Waals surface area contributed by atoms with Gasteiger partial charge in [0.25, 0.3) is 0 Å². The van der Waals surface area contributed by atoms with Crippen LogP contribution in [-0.2, 0) is 9.84 Å². The fourth-order valence-corrected chi connectivity index (χ4v) is 3.22. The molecule has 0 aromatic heterocycles. The first-order chi connectivity index (χ1) is 6.45. The molecule has 0 spiro atoms. The third-order valence-electron chi connectivity index (χ3n) is 1.99. The molecule has 0 saturated heterocycles. The SMILES string of the molecule is CCC(N)CCCSCCS(C)(=O)=O. The van der Waals surface area contributed by atoms with Crippen LogP contribution in [0.2, 0.25) is 0 Å². The lowest BCUT2D eigenvalue weighted by atomic mass is 10.1.